The lowest BCUT2D eigenvalue weighted by molar-refractivity contribution is -0.115. The van der Waals surface area contributed by atoms with Crippen molar-refractivity contribution in [1.82, 2.24) is 9.88 Å². The molecule has 0 spiro atoms. The van der Waals surface area contributed by atoms with Gasteiger partial charge in [-0.15, -0.1) is 0 Å². The third-order valence-corrected chi connectivity index (χ3v) is 5.19. The summed E-state index contributed by atoms with van der Waals surface area (Å²) in [4.78, 5) is 21.4. The highest BCUT2D eigenvalue weighted by Crippen LogP contribution is 2.28. The molecule has 1 saturated heterocycles. The van der Waals surface area contributed by atoms with E-state index in [0.29, 0.717) is 11.3 Å². The van der Waals surface area contributed by atoms with Gasteiger partial charge in [0.1, 0.15) is 0 Å². The first-order valence-electron chi connectivity index (χ1n) is 9.55. The van der Waals surface area contributed by atoms with Crippen LogP contribution >= 0.6 is 0 Å². The maximum atomic E-state index is 13.4. The van der Waals surface area contributed by atoms with Crippen LogP contribution in [0.4, 0.5) is 20.2 Å². The number of benzene rings is 2. The third-order valence-electron chi connectivity index (χ3n) is 5.19. The Labute approximate surface area is 168 Å². The molecule has 0 bridgehead atoms. The third kappa shape index (κ3) is 4.35. The van der Waals surface area contributed by atoms with Gasteiger partial charge in [0, 0.05) is 49.1 Å². The van der Waals surface area contributed by atoms with Crippen LogP contribution in [0.5, 0.6) is 0 Å². The number of nitrogens with one attached hydrogen (secondary N) is 1. The molecular formula is C22H22F2N4O. The zero-order valence-corrected chi connectivity index (χ0v) is 16.2. The molecule has 29 heavy (non-hydrogen) atoms. The van der Waals surface area contributed by atoms with Crippen molar-refractivity contribution in [1.29, 1.82) is 0 Å². The van der Waals surface area contributed by atoms with Crippen molar-refractivity contribution in [2.24, 2.45) is 0 Å². The number of carbonyl (C=O) groups is 1. The van der Waals surface area contributed by atoms with Gasteiger partial charge in [-0.25, -0.2) is 8.78 Å². The number of rotatable bonds is 4. The number of likely N-dealkylation sites (N-methyl/N-ethyl adjacent to an activating group) is 1. The molecular weight excluding hydrogens is 374 g/mol. The molecule has 5 nitrogen and oxygen atoms in total. The first-order chi connectivity index (χ1) is 14.0. The number of hydrogen-bond donors (Lipinski definition) is 1. The number of halogens is 2. The van der Waals surface area contributed by atoms with E-state index < -0.39 is 11.6 Å². The summed E-state index contributed by atoms with van der Waals surface area (Å²) < 4.78 is 26.4. The molecule has 1 amide bonds. The van der Waals surface area contributed by atoms with E-state index in [1.54, 1.807) is 12.3 Å². The summed E-state index contributed by atoms with van der Waals surface area (Å²) in [6.07, 6.45) is 1.77. The van der Waals surface area contributed by atoms with Crippen LogP contribution in [-0.4, -0.2) is 49.0 Å². The van der Waals surface area contributed by atoms with E-state index in [2.05, 4.69) is 27.1 Å². The summed E-state index contributed by atoms with van der Waals surface area (Å²) in [6, 6.07) is 11.1. The van der Waals surface area contributed by atoms with Crippen LogP contribution in [-0.2, 0) is 11.2 Å². The van der Waals surface area contributed by atoms with Crippen LogP contribution in [0.25, 0.3) is 10.9 Å². The number of hydrogen-bond acceptors (Lipinski definition) is 4. The van der Waals surface area contributed by atoms with Gasteiger partial charge in [-0.1, -0.05) is 6.07 Å². The second kappa shape index (κ2) is 8.13. The van der Waals surface area contributed by atoms with Gasteiger partial charge >= 0.3 is 0 Å². The quantitative estimate of drug-likeness (QED) is 0.734. The topological polar surface area (TPSA) is 48.5 Å². The van der Waals surface area contributed by atoms with Gasteiger partial charge in [0.05, 0.1) is 11.9 Å². The molecule has 4 rings (SSSR count). The smallest absolute Gasteiger partial charge is 0.228 e. The number of fused-ring (bicyclic) bond motifs is 1. The van der Waals surface area contributed by atoms with E-state index in [-0.39, 0.29) is 12.3 Å². The van der Waals surface area contributed by atoms with Gasteiger partial charge in [0.25, 0.3) is 0 Å². The summed E-state index contributed by atoms with van der Waals surface area (Å²) in [5.74, 6) is -2.17. The van der Waals surface area contributed by atoms with E-state index >= 15 is 0 Å². The minimum absolute atomic E-state index is 0.0341. The van der Waals surface area contributed by atoms with Crippen molar-refractivity contribution < 1.29 is 13.6 Å². The van der Waals surface area contributed by atoms with Gasteiger partial charge in [0.15, 0.2) is 11.6 Å². The van der Waals surface area contributed by atoms with Crippen LogP contribution < -0.4 is 10.2 Å². The van der Waals surface area contributed by atoms with Crippen LogP contribution in [0.1, 0.15) is 5.56 Å². The largest absolute Gasteiger partial charge is 0.368 e. The maximum absolute atomic E-state index is 13.4. The van der Waals surface area contributed by atoms with Crippen LogP contribution in [0.15, 0.2) is 48.7 Å². The number of anilines is 2. The molecule has 0 aliphatic carbocycles. The van der Waals surface area contributed by atoms with E-state index in [0.717, 1.165) is 54.9 Å². The zero-order chi connectivity index (χ0) is 20.4. The molecule has 1 N–H and O–H groups in total. The lowest BCUT2D eigenvalue weighted by Crippen LogP contribution is -2.44. The first kappa shape index (κ1) is 19.3. The molecule has 2 heterocycles. The van der Waals surface area contributed by atoms with Crippen molar-refractivity contribution in [2.45, 2.75) is 6.42 Å². The van der Waals surface area contributed by atoms with Gasteiger partial charge in [-0.2, -0.15) is 0 Å². The number of amides is 1. The SMILES string of the molecule is CN1CCN(c2ccnc3ccc(NC(=O)Cc4ccc(F)c(F)c4)cc23)CC1. The minimum Gasteiger partial charge on any atom is -0.368 e. The Morgan fingerprint density at radius 3 is 2.59 bits per heavy atom. The Morgan fingerprint density at radius 2 is 1.83 bits per heavy atom. The predicted molar refractivity (Wildman–Crippen MR) is 110 cm³/mol. The normalized spacial score (nSPS) is 14.9. The van der Waals surface area contributed by atoms with Crippen LogP contribution in [0.3, 0.4) is 0 Å². The first-order valence-corrected chi connectivity index (χ1v) is 9.55. The van der Waals surface area contributed by atoms with Gasteiger partial charge in [0.2, 0.25) is 5.91 Å². The Morgan fingerprint density at radius 1 is 1.03 bits per heavy atom. The number of nitrogens with zero attached hydrogens (tertiary/aromatic N) is 3. The Balaban J connectivity index is 1.54. The molecule has 0 radical (unpaired) electrons. The number of aromatic nitrogens is 1. The van der Waals surface area contributed by atoms with E-state index in [4.69, 9.17) is 0 Å². The number of carbonyl (C=O) groups excluding carboxylic acids is 1. The number of piperazine rings is 1. The summed E-state index contributed by atoms with van der Waals surface area (Å²) in [5.41, 5.74) is 3.02. The lowest BCUT2D eigenvalue weighted by Gasteiger charge is -2.34. The summed E-state index contributed by atoms with van der Waals surface area (Å²) in [6.45, 7) is 3.85. The fourth-order valence-electron chi connectivity index (χ4n) is 3.57. The summed E-state index contributed by atoms with van der Waals surface area (Å²) >= 11 is 0. The molecule has 0 saturated carbocycles. The highest BCUT2D eigenvalue weighted by molar-refractivity contribution is 5.98. The fourth-order valence-corrected chi connectivity index (χ4v) is 3.57. The molecule has 2 aromatic carbocycles. The molecule has 1 aliphatic rings. The molecule has 1 aliphatic heterocycles. The van der Waals surface area contributed by atoms with E-state index in [1.165, 1.54) is 6.07 Å². The maximum Gasteiger partial charge on any atom is 0.228 e. The van der Waals surface area contributed by atoms with E-state index in [1.807, 2.05) is 18.2 Å². The van der Waals surface area contributed by atoms with Gasteiger partial charge < -0.3 is 15.1 Å². The predicted octanol–water partition coefficient (Wildman–Crippen LogP) is 3.45. The highest BCUT2D eigenvalue weighted by atomic mass is 19.2. The van der Waals surface area contributed by atoms with Crippen LogP contribution in [0, 0.1) is 11.6 Å². The molecule has 3 aromatic rings. The van der Waals surface area contributed by atoms with Crippen molar-refractivity contribution in [3.63, 3.8) is 0 Å². The second-order valence-electron chi connectivity index (χ2n) is 7.33. The minimum atomic E-state index is -0.955. The van der Waals surface area contributed by atoms with Crippen LogP contribution in [0.2, 0.25) is 0 Å². The van der Waals surface area contributed by atoms with Gasteiger partial charge in [-0.3, -0.25) is 9.78 Å². The number of pyridine rings is 1. The molecule has 1 fully saturated rings. The second-order valence-corrected chi connectivity index (χ2v) is 7.33. The van der Waals surface area contributed by atoms with Gasteiger partial charge in [-0.05, 0) is 49.0 Å². The standard InChI is InChI=1S/C22H22F2N4O/c1-27-8-10-28(11-9-27)21-6-7-25-20-5-3-16(14-17(20)21)26-22(29)13-15-2-4-18(23)19(24)12-15/h2-7,12,14H,8-11,13H2,1H3,(H,26,29). The Bertz CT molecular complexity index is 1050. The van der Waals surface area contributed by atoms with Crippen molar-refractivity contribution in [3.8, 4) is 0 Å². The molecule has 7 heteroatoms. The summed E-state index contributed by atoms with van der Waals surface area (Å²) in [5, 5.41) is 3.82. The molecule has 1 aromatic heterocycles. The van der Waals surface area contributed by atoms with Crippen molar-refractivity contribution >= 4 is 28.2 Å². The molecule has 150 valence electrons. The summed E-state index contributed by atoms with van der Waals surface area (Å²) in [7, 11) is 2.11. The monoisotopic (exact) mass is 396 g/mol. The fraction of sp³-hybridized carbons (Fsp3) is 0.273. The Kier molecular flexibility index (Phi) is 5.40. The average Bonchev–Trinajstić information content (AvgIpc) is 2.71. The highest BCUT2D eigenvalue weighted by Gasteiger charge is 2.17. The Hall–Kier alpha value is -3.06. The lowest BCUT2D eigenvalue weighted by atomic mass is 10.1. The van der Waals surface area contributed by atoms with Crippen molar-refractivity contribution in [2.75, 3.05) is 43.4 Å². The van der Waals surface area contributed by atoms with E-state index in [9.17, 15) is 13.6 Å². The molecule has 0 atom stereocenters. The van der Waals surface area contributed by atoms with Crippen molar-refractivity contribution in [3.05, 3.63) is 65.9 Å². The molecule has 0 unspecified atom stereocenters. The average molecular weight is 396 g/mol. The zero-order valence-electron chi connectivity index (χ0n) is 16.2.